The quantitative estimate of drug-likeness (QED) is 0.290. The number of Topliss-reactive ketones (excluding diaryl/α,β-unsaturated/α-hetero) is 1. The van der Waals surface area contributed by atoms with E-state index in [0.717, 1.165) is 6.42 Å². The van der Waals surface area contributed by atoms with Crippen LogP contribution in [0.25, 0.3) is 5.76 Å². The van der Waals surface area contributed by atoms with Crippen LogP contribution in [0.4, 0.5) is 4.39 Å². The van der Waals surface area contributed by atoms with E-state index in [1.807, 2.05) is 17.7 Å². The van der Waals surface area contributed by atoms with E-state index in [4.69, 9.17) is 4.74 Å². The number of halogens is 1. The third-order valence-electron chi connectivity index (χ3n) is 5.70. The summed E-state index contributed by atoms with van der Waals surface area (Å²) in [5.74, 6) is -1.51. The fourth-order valence-corrected chi connectivity index (χ4v) is 4.03. The molecule has 1 amide bonds. The van der Waals surface area contributed by atoms with Gasteiger partial charge in [-0.3, -0.25) is 9.59 Å². The van der Waals surface area contributed by atoms with E-state index in [9.17, 15) is 19.1 Å². The van der Waals surface area contributed by atoms with Gasteiger partial charge < -0.3 is 19.3 Å². The molecule has 176 valence electrons. The third kappa shape index (κ3) is 4.85. The number of benzene rings is 2. The predicted octanol–water partition coefficient (Wildman–Crippen LogP) is 4.32. The van der Waals surface area contributed by atoms with E-state index in [1.165, 1.54) is 29.2 Å². The summed E-state index contributed by atoms with van der Waals surface area (Å²) in [5, 5.41) is 11.1. The number of likely N-dealkylation sites (tertiary alicyclic amines) is 1. The zero-order valence-electron chi connectivity index (χ0n) is 18.9. The lowest BCUT2D eigenvalue weighted by Crippen LogP contribution is -2.31. The number of rotatable bonds is 9. The monoisotopic (exact) mass is 463 g/mol. The molecular formula is C26H26FN3O4. The van der Waals surface area contributed by atoms with Crippen LogP contribution in [0.5, 0.6) is 5.75 Å². The highest BCUT2D eigenvalue weighted by Crippen LogP contribution is 2.39. The molecule has 2 heterocycles. The molecule has 1 aromatic heterocycles. The number of ether oxygens (including phenoxy) is 1. The number of amides is 1. The average molecular weight is 464 g/mol. The first kappa shape index (κ1) is 23.2. The lowest BCUT2D eigenvalue weighted by molar-refractivity contribution is -0.139. The van der Waals surface area contributed by atoms with Gasteiger partial charge in [0.25, 0.3) is 11.7 Å². The maximum atomic E-state index is 13.6. The summed E-state index contributed by atoms with van der Waals surface area (Å²) < 4.78 is 21.1. The maximum absolute atomic E-state index is 13.6. The van der Waals surface area contributed by atoms with Crippen molar-refractivity contribution in [1.29, 1.82) is 0 Å². The first-order valence-corrected chi connectivity index (χ1v) is 11.2. The van der Waals surface area contributed by atoms with Crippen LogP contribution in [0.3, 0.4) is 0 Å². The SMILES string of the molecule is CCCOc1ccc(C(O)=C2C(=O)C(=O)N(CCCn3ccnc3)C2c2ccc(F)cc2)cc1. The van der Waals surface area contributed by atoms with Crippen LogP contribution in [0.15, 0.2) is 72.8 Å². The number of carbonyl (C=O) groups excluding carboxylic acids is 2. The van der Waals surface area contributed by atoms with Crippen molar-refractivity contribution in [3.8, 4) is 5.75 Å². The second-order valence-corrected chi connectivity index (χ2v) is 8.07. The minimum atomic E-state index is -0.820. The third-order valence-corrected chi connectivity index (χ3v) is 5.70. The van der Waals surface area contributed by atoms with Gasteiger partial charge >= 0.3 is 0 Å². The molecule has 1 fully saturated rings. The molecule has 0 radical (unpaired) electrons. The summed E-state index contributed by atoms with van der Waals surface area (Å²) in [6.45, 7) is 3.47. The molecule has 0 saturated carbocycles. The van der Waals surface area contributed by atoms with Crippen molar-refractivity contribution in [3.63, 3.8) is 0 Å². The van der Waals surface area contributed by atoms with Gasteiger partial charge in [-0.15, -0.1) is 0 Å². The zero-order chi connectivity index (χ0) is 24.1. The van der Waals surface area contributed by atoms with Gasteiger partial charge in [0.15, 0.2) is 0 Å². The number of aryl methyl sites for hydroxylation is 1. The standard InChI is InChI=1S/C26H26FN3O4/c1-2-16-34-21-10-6-19(7-11-21)24(31)22-23(18-4-8-20(27)9-5-18)30(26(33)25(22)32)14-3-13-29-15-12-28-17-29/h4-12,15,17,23,31H,2-3,13-14,16H2,1H3. The molecule has 0 spiro atoms. The van der Waals surface area contributed by atoms with Crippen molar-refractivity contribution in [3.05, 3.63) is 89.8 Å². The van der Waals surface area contributed by atoms with E-state index in [2.05, 4.69) is 4.98 Å². The second-order valence-electron chi connectivity index (χ2n) is 8.07. The Morgan fingerprint density at radius 2 is 1.82 bits per heavy atom. The van der Waals surface area contributed by atoms with E-state index >= 15 is 0 Å². The number of imidazole rings is 1. The van der Waals surface area contributed by atoms with Crippen molar-refractivity contribution in [2.75, 3.05) is 13.2 Å². The van der Waals surface area contributed by atoms with E-state index in [1.54, 1.807) is 36.8 Å². The topological polar surface area (TPSA) is 84.7 Å². The lowest BCUT2D eigenvalue weighted by atomic mass is 9.95. The van der Waals surface area contributed by atoms with Gasteiger partial charge in [-0.2, -0.15) is 0 Å². The molecular weight excluding hydrogens is 437 g/mol. The maximum Gasteiger partial charge on any atom is 0.295 e. The first-order valence-electron chi connectivity index (χ1n) is 11.2. The molecule has 1 aliphatic rings. The number of aliphatic hydroxyl groups is 1. The largest absolute Gasteiger partial charge is 0.507 e. The summed E-state index contributed by atoms with van der Waals surface area (Å²) >= 11 is 0. The van der Waals surface area contributed by atoms with Crippen LogP contribution in [-0.4, -0.2) is 44.4 Å². The van der Waals surface area contributed by atoms with Gasteiger partial charge in [-0.1, -0.05) is 19.1 Å². The molecule has 0 aliphatic carbocycles. The van der Waals surface area contributed by atoms with Gasteiger partial charge in [0.2, 0.25) is 0 Å². The lowest BCUT2D eigenvalue weighted by Gasteiger charge is -2.25. The normalized spacial score (nSPS) is 17.4. The van der Waals surface area contributed by atoms with Crippen molar-refractivity contribution < 1.29 is 23.8 Å². The van der Waals surface area contributed by atoms with Crippen molar-refractivity contribution in [2.24, 2.45) is 0 Å². The summed E-state index contributed by atoms with van der Waals surface area (Å²) in [6, 6.07) is 11.5. The molecule has 34 heavy (non-hydrogen) atoms. The van der Waals surface area contributed by atoms with Crippen molar-refractivity contribution in [1.82, 2.24) is 14.5 Å². The molecule has 1 aliphatic heterocycles. The van der Waals surface area contributed by atoms with E-state index in [-0.39, 0.29) is 17.9 Å². The van der Waals surface area contributed by atoms with Crippen molar-refractivity contribution in [2.45, 2.75) is 32.4 Å². The number of carbonyl (C=O) groups is 2. The predicted molar refractivity (Wildman–Crippen MR) is 124 cm³/mol. The van der Waals surface area contributed by atoms with Crippen LogP contribution in [0.2, 0.25) is 0 Å². The summed E-state index contributed by atoms with van der Waals surface area (Å²) in [7, 11) is 0. The Morgan fingerprint density at radius 3 is 2.47 bits per heavy atom. The Bertz CT molecular complexity index is 1170. The van der Waals surface area contributed by atoms with Crippen molar-refractivity contribution >= 4 is 17.4 Å². The van der Waals surface area contributed by atoms with Crippen LogP contribution in [0, 0.1) is 5.82 Å². The first-order chi connectivity index (χ1) is 16.5. The minimum Gasteiger partial charge on any atom is -0.507 e. The second kappa shape index (κ2) is 10.3. The smallest absolute Gasteiger partial charge is 0.295 e. The summed E-state index contributed by atoms with van der Waals surface area (Å²) in [6.07, 6.45) is 6.61. The van der Waals surface area contributed by atoms with Crippen LogP contribution in [0.1, 0.15) is 36.9 Å². The number of hydrogen-bond acceptors (Lipinski definition) is 5. The molecule has 3 aromatic rings. The van der Waals surface area contributed by atoms with E-state index < -0.39 is 23.5 Å². The highest BCUT2D eigenvalue weighted by molar-refractivity contribution is 6.46. The molecule has 8 heteroatoms. The van der Waals surface area contributed by atoms with Gasteiger partial charge in [-0.05, 0) is 54.8 Å². The number of aliphatic hydroxyl groups excluding tert-OH is 1. The molecule has 2 aromatic carbocycles. The summed E-state index contributed by atoms with van der Waals surface area (Å²) in [4.78, 5) is 31.5. The van der Waals surface area contributed by atoms with Gasteiger partial charge in [0.05, 0.1) is 24.5 Å². The fourth-order valence-electron chi connectivity index (χ4n) is 4.03. The molecule has 1 saturated heterocycles. The van der Waals surface area contributed by atoms with Crippen LogP contribution < -0.4 is 4.74 Å². The summed E-state index contributed by atoms with van der Waals surface area (Å²) in [5.41, 5.74) is 0.932. The Labute approximate surface area is 197 Å². The fraction of sp³-hybridized carbons (Fsp3) is 0.269. The highest BCUT2D eigenvalue weighted by atomic mass is 19.1. The Kier molecular flexibility index (Phi) is 7.06. The van der Waals surface area contributed by atoms with Crippen LogP contribution >= 0.6 is 0 Å². The molecule has 1 unspecified atom stereocenters. The molecule has 7 nitrogen and oxygen atoms in total. The van der Waals surface area contributed by atoms with Gasteiger partial charge in [0.1, 0.15) is 17.3 Å². The molecule has 1 atom stereocenters. The minimum absolute atomic E-state index is 0.0125. The highest BCUT2D eigenvalue weighted by Gasteiger charge is 2.45. The Morgan fingerprint density at radius 1 is 1.09 bits per heavy atom. The number of ketones is 1. The zero-order valence-corrected chi connectivity index (χ0v) is 18.9. The van der Waals surface area contributed by atoms with E-state index in [0.29, 0.717) is 36.4 Å². The number of aromatic nitrogens is 2. The average Bonchev–Trinajstić information content (AvgIpc) is 3.45. The Balaban J connectivity index is 1.67. The molecule has 1 N–H and O–H groups in total. The van der Waals surface area contributed by atoms with Gasteiger partial charge in [0, 0.05) is 31.0 Å². The number of nitrogens with zero attached hydrogens (tertiary/aromatic N) is 3. The Hall–Kier alpha value is -3.94. The molecule has 4 rings (SSSR count). The number of hydrogen-bond donors (Lipinski definition) is 1. The van der Waals surface area contributed by atoms with Gasteiger partial charge in [-0.25, -0.2) is 9.37 Å². The van der Waals surface area contributed by atoms with Crippen LogP contribution in [-0.2, 0) is 16.1 Å². The molecule has 0 bridgehead atoms.